The molecule has 1 aromatic rings. The van der Waals surface area contributed by atoms with Gasteiger partial charge in [-0.2, -0.15) is 0 Å². The second kappa shape index (κ2) is 6.44. The number of carboxylic acid groups (broad SMARTS) is 1. The molecule has 2 N–H and O–H groups in total. The Morgan fingerprint density at radius 3 is 2.44 bits per heavy atom. The molecule has 0 aromatic heterocycles. The van der Waals surface area contributed by atoms with Crippen LogP contribution in [0.1, 0.15) is 13.8 Å². The van der Waals surface area contributed by atoms with Crippen molar-refractivity contribution in [3.05, 3.63) is 35.9 Å². The minimum absolute atomic E-state index is 0.136. The summed E-state index contributed by atoms with van der Waals surface area (Å²) in [6.07, 6.45) is 0.865. The number of carbonyl (C=O) groups is 2. The van der Waals surface area contributed by atoms with Crippen LogP contribution in [-0.4, -0.2) is 23.6 Å². The van der Waals surface area contributed by atoms with E-state index >= 15 is 0 Å². The van der Waals surface area contributed by atoms with Crippen molar-refractivity contribution >= 4 is 17.6 Å². The Kier molecular flexibility index (Phi) is 4.92. The van der Waals surface area contributed by atoms with Gasteiger partial charge in [0.1, 0.15) is 5.75 Å². The van der Waals surface area contributed by atoms with Gasteiger partial charge < -0.3 is 15.2 Å². The summed E-state index contributed by atoms with van der Waals surface area (Å²) in [6.45, 7) is 3.90. The van der Waals surface area contributed by atoms with Crippen LogP contribution in [0.2, 0.25) is 0 Å². The highest BCUT2D eigenvalue weighted by atomic mass is 16.5. The van der Waals surface area contributed by atoms with E-state index in [0.717, 1.165) is 6.08 Å². The van der Waals surface area contributed by atoms with Crippen molar-refractivity contribution in [2.24, 2.45) is 0 Å². The number of carboxylic acids is 1. The Morgan fingerprint density at radius 2 is 1.94 bits per heavy atom. The van der Waals surface area contributed by atoms with Crippen molar-refractivity contribution in [2.75, 3.05) is 11.9 Å². The number of hydrogen-bond acceptors (Lipinski definition) is 3. The number of carbonyl (C=O) groups excluding carboxylic acids is 1. The molecule has 0 unspecified atom stereocenters. The molecule has 0 fully saturated rings. The zero-order chi connectivity index (χ0) is 13.5. The molecule has 0 saturated carbocycles. The summed E-state index contributed by atoms with van der Waals surface area (Å²) in [5.41, 5.74) is 0.720. The Balaban J connectivity index is 2.67. The third kappa shape index (κ3) is 4.29. The van der Waals surface area contributed by atoms with Gasteiger partial charge in [0.25, 0.3) is 5.91 Å². The van der Waals surface area contributed by atoms with Gasteiger partial charge in [-0.1, -0.05) is 0 Å². The summed E-state index contributed by atoms with van der Waals surface area (Å²) < 4.78 is 5.26. The first-order chi connectivity index (χ1) is 8.52. The van der Waals surface area contributed by atoms with Crippen molar-refractivity contribution < 1.29 is 19.4 Å². The van der Waals surface area contributed by atoms with Gasteiger partial charge in [-0.3, -0.25) is 4.79 Å². The lowest BCUT2D eigenvalue weighted by Crippen LogP contribution is -2.13. The monoisotopic (exact) mass is 249 g/mol. The van der Waals surface area contributed by atoms with E-state index in [1.54, 1.807) is 24.3 Å². The standard InChI is InChI=1S/C13H15NO4/c1-3-18-11-6-4-10(5-7-11)14-13(17)9(2)8-12(15)16/h4-8H,3H2,1-2H3,(H,14,17)(H,15,16)/b9-8-. The summed E-state index contributed by atoms with van der Waals surface area (Å²) in [5.74, 6) is -0.871. The van der Waals surface area contributed by atoms with E-state index in [9.17, 15) is 9.59 Å². The number of nitrogens with one attached hydrogen (secondary N) is 1. The number of ether oxygens (including phenoxy) is 1. The third-order valence-corrected chi connectivity index (χ3v) is 2.12. The van der Waals surface area contributed by atoms with Crippen molar-refractivity contribution in [1.29, 1.82) is 0 Å². The molecule has 0 spiro atoms. The average molecular weight is 249 g/mol. The van der Waals surface area contributed by atoms with Crippen LogP contribution in [0.25, 0.3) is 0 Å². The second-order valence-corrected chi connectivity index (χ2v) is 3.58. The summed E-state index contributed by atoms with van der Waals surface area (Å²) in [7, 11) is 0. The fraction of sp³-hybridized carbons (Fsp3) is 0.231. The zero-order valence-corrected chi connectivity index (χ0v) is 10.3. The fourth-order valence-corrected chi connectivity index (χ4v) is 1.28. The summed E-state index contributed by atoms with van der Waals surface area (Å²) in [5, 5.41) is 11.1. The number of benzene rings is 1. The normalized spacial score (nSPS) is 10.9. The molecule has 0 saturated heterocycles. The maximum atomic E-state index is 11.6. The van der Waals surface area contributed by atoms with Crippen molar-refractivity contribution in [3.8, 4) is 5.75 Å². The molecule has 1 amide bonds. The van der Waals surface area contributed by atoms with Crippen LogP contribution < -0.4 is 10.1 Å². The number of hydrogen-bond donors (Lipinski definition) is 2. The molecule has 1 rings (SSSR count). The SMILES string of the molecule is CCOc1ccc(NC(=O)/C(C)=C\C(=O)O)cc1. The Morgan fingerprint density at radius 1 is 1.33 bits per heavy atom. The lowest BCUT2D eigenvalue weighted by atomic mass is 10.2. The van der Waals surface area contributed by atoms with Crippen LogP contribution in [0.15, 0.2) is 35.9 Å². The summed E-state index contributed by atoms with van der Waals surface area (Å²) in [4.78, 5) is 22.0. The van der Waals surface area contributed by atoms with Crippen molar-refractivity contribution in [1.82, 2.24) is 0 Å². The average Bonchev–Trinajstić information content (AvgIpc) is 2.31. The quantitative estimate of drug-likeness (QED) is 0.783. The molecular formula is C13H15NO4. The highest BCUT2D eigenvalue weighted by Gasteiger charge is 2.06. The molecule has 0 atom stereocenters. The maximum absolute atomic E-state index is 11.6. The van der Waals surface area contributed by atoms with Crippen LogP contribution in [0.4, 0.5) is 5.69 Å². The summed E-state index contributed by atoms with van der Waals surface area (Å²) >= 11 is 0. The molecule has 0 heterocycles. The van der Waals surface area contributed by atoms with E-state index < -0.39 is 11.9 Å². The molecule has 5 heteroatoms. The molecule has 96 valence electrons. The molecule has 0 aliphatic carbocycles. The Bertz CT molecular complexity index is 462. The van der Waals surface area contributed by atoms with E-state index in [2.05, 4.69) is 5.32 Å². The smallest absolute Gasteiger partial charge is 0.328 e. The second-order valence-electron chi connectivity index (χ2n) is 3.58. The first-order valence-corrected chi connectivity index (χ1v) is 5.48. The third-order valence-electron chi connectivity index (χ3n) is 2.12. The highest BCUT2D eigenvalue weighted by molar-refractivity contribution is 6.06. The number of amides is 1. The van der Waals surface area contributed by atoms with E-state index in [-0.39, 0.29) is 5.57 Å². The van der Waals surface area contributed by atoms with E-state index in [1.165, 1.54) is 6.92 Å². The molecule has 0 bridgehead atoms. The topological polar surface area (TPSA) is 75.6 Å². The predicted molar refractivity (Wildman–Crippen MR) is 67.6 cm³/mol. The molecule has 1 aromatic carbocycles. The predicted octanol–water partition coefficient (Wildman–Crippen LogP) is 2.05. The molecule has 5 nitrogen and oxygen atoms in total. The molecule has 0 radical (unpaired) electrons. The van der Waals surface area contributed by atoms with Crippen molar-refractivity contribution in [2.45, 2.75) is 13.8 Å². The zero-order valence-electron chi connectivity index (χ0n) is 10.3. The first kappa shape index (κ1) is 13.8. The van der Waals surface area contributed by atoms with E-state index in [4.69, 9.17) is 9.84 Å². The number of rotatable bonds is 5. The van der Waals surface area contributed by atoms with Crippen LogP contribution in [-0.2, 0) is 9.59 Å². The fourth-order valence-electron chi connectivity index (χ4n) is 1.28. The molecule has 18 heavy (non-hydrogen) atoms. The van der Waals surface area contributed by atoms with E-state index in [0.29, 0.717) is 18.0 Å². The molecular weight excluding hydrogens is 234 g/mol. The van der Waals surface area contributed by atoms with E-state index in [1.807, 2.05) is 6.92 Å². The Labute approximate surface area is 105 Å². The number of aliphatic carboxylic acids is 1. The maximum Gasteiger partial charge on any atom is 0.328 e. The molecule has 0 aliphatic heterocycles. The largest absolute Gasteiger partial charge is 0.494 e. The van der Waals surface area contributed by atoms with Gasteiger partial charge in [-0.05, 0) is 38.1 Å². The number of anilines is 1. The van der Waals surface area contributed by atoms with Gasteiger partial charge in [-0.15, -0.1) is 0 Å². The van der Waals surface area contributed by atoms with Crippen LogP contribution in [0, 0.1) is 0 Å². The molecule has 0 aliphatic rings. The van der Waals surface area contributed by atoms with Gasteiger partial charge in [0.2, 0.25) is 0 Å². The first-order valence-electron chi connectivity index (χ1n) is 5.48. The van der Waals surface area contributed by atoms with Gasteiger partial charge in [0, 0.05) is 17.3 Å². The lowest BCUT2D eigenvalue weighted by molar-refractivity contribution is -0.131. The minimum atomic E-state index is -1.14. The highest BCUT2D eigenvalue weighted by Crippen LogP contribution is 2.16. The Hall–Kier alpha value is -2.30. The van der Waals surface area contributed by atoms with Gasteiger partial charge in [0.15, 0.2) is 0 Å². The lowest BCUT2D eigenvalue weighted by Gasteiger charge is -2.07. The van der Waals surface area contributed by atoms with Gasteiger partial charge in [-0.25, -0.2) is 4.79 Å². The van der Waals surface area contributed by atoms with Gasteiger partial charge >= 0.3 is 5.97 Å². The van der Waals surface area contributed by atoms with Crippen LogP contribution >= 0.6 is 0 Å². The van der Waals surface area contributed by atoms with Crippen LogP contribution in [0.5, 0.6) is 5.75 Å². The van der Waals surface area contributed by atoms with Crippen molar-refractivity contribution in [3.63, 3.8) is 0 Å². The minimum Gasteiger partial charge on any atom is -0.494 e. The van der Waals surface area contributed by atoms with Crippen LogP contribution in [0.3, 0.4) is 0 Å². The summed E-state index contributed by atoms with van der Waals surface area (Å²) in [6, 6.07) is 6.85. The van der Waals surface area contributed by atoms with Gasteiger partial charge in [0.05, 0.1) is 6.61 Å².